The van der Waals surface area contributed by atoms with E-state index in [9.17, 15) is 5.11 Å². The molecule has 114 valence electrons. The molecule has 0 aliphatic heterocycles. The van der Waals surface area contributed by atoms with Gasteiger partial charge >= 0.3 is 0 Å². The van der Waals surface area contributed by atoms with Crippen molar-refractivity contribution in [3.8, 4) is 0 Å². The van der Waals surface area contributed by atoms with E-state index in [2.05, 4.69) is 49.4 Å². The first-order chi connectivity index (χ1) is 11.1. The van der Waals surface area contributed by atoms with E-state index in [1.165, 1.54) is 11.1 Å². The van der Waals surface area contributed by atoms with E-state index < -0.39 is 5.60 Å². The average Bonchev–Trinajstić information content (AvgIpc) is 2.87. The molecule has 1 heteroatoms. The van der Waals surface area contributed by atoms with E-state index in [1.807, 2.05) is 42.5 Å². The third kappa shape index (κ3) is 2.04. The maximum absolute atomic E-state index is 11.6. The van der Waals surface area contributed by atoms with Crippen LogP contribution in [0, 0.1) is 0 Å². The summed E-state index contributed by atoms with van der Waals surface area (Å²) in [6, 6.07) is 28.8. The zero-order valence-corrected chi connectivity index (χ0v) is 13.2. The van der Waals surface area contributed by atoms with Gasteiger partial charge in [-0.25, -0.2) is 0 Å². The molecule has 0 saturated heterocycles. The van der Waals surface area contributed by atoms with Gasteiger partial charge in [0.05, 0.1) is 0 Å². The van der Waals surface area contributed by atoms with E-state index in [4.69, 9.17) is 0 Å². The predicted molar refractivity (Wildman–Crippen MR) is 93.4 cm³/mol. The standard InChI is InChI=1S/C22H20O/c1-21(17-10-4-2-5-11-17)16-22(23,18-12-6-3-7-13-18)20-15-9-8-14-19(20)21/h2-15,23H,16H2,1H3/t21-,22-/m1/s1. The van der Waals surface area contributed by atoms with Crippen molar-refractivity contribution in [3.63, 3.8) is 0 Å². The van der Waals surface area contributed by atoms with Crippen molar-refractivity contribution in [2.45, 2.75) is 24.4 Å². The first-order valence-electron chi connectivity index (χ1n) is 8.08. The molecule has 0 heterocycles. The molecule has 1 aliphatic rings. The molecule has 0 saturated carbocycles. The van der Waals surface area contributed by atoms with Crippen LogP contribution in [0.15, 0.2) is 84.9 Å². The lowest BCUT2D eigenvalue weighted by Gasteiger charge is -2.30. The van der Waals surface area contributed by atoms with Gasteiger partial charge in [-0.15, -0.1) is 0 Å². The first-order valence-corrected chi connectivity index (χ1v) is 8.08. The van der Waals surface area contributed by atoms with E-state index >= 15 is 0 Å². The zero-order chi connectivity index (χ0) is 15.9. The molecule has 1 N–H and O–H groups in total. The van der Waals surface area contributed by atoms with Crippen LogP contribution in [0.25, 0.3) is 0 Å². The van der Waals surface area contributed by atoms with E-state index in [0.29, 0.717) is 6.42 Å². The number of hydrogen-bond acceptors (Lipinski definition) is 1. The molecule has 0 unspecified atom stereocenters. The highest BCUT2D eigenvalue weighted by molar-refractivity contribution is 5.54. The third-order valence-corrected chi connectivity index (χ3v) is 5.24. The van der Waals surface area contributed by atoms with Crippen LogP contribution in [0.2, 0.25) is 0 Å². The largest absolute Gasteiger partial charge is 0.380 e. The number of benzene rings is 3. The summed E-state index contributed by atoms with van der Waals surface area (Å²) in [7, 11) is 0. The molecular formula is C22H20O. The summed E-state index contributed by atoms with van der Waals surface area (Å²) < 4.78 is 0. The highest BCUT2D eigenvalue weighted by atomic mass is 16.3. The summed E-state index contributed by atoms with van der Waals surface area (Å²) in [6.45, 7) is 2.24. The Labute approximate surface area is 137 Å². The Balaban J connectivity index is 1.95. The highest BCUT2D eigenvalue weighted by Gasteiger charge is 2.50. The zero-order valence-electron chi connectivity index (χ0n) is 13.2. The summed E-state index contributed by atoms with van der Waals surface area (Å²) in [4.78, 5) is 0. The van der Waals surface area contributed by atoms with Crippen molar-refractivity contribution in [1.82, 2.24) is 0 Å². The SMILES string of the molecule is C[C@]1(c2ccccc2)C[C@@](O)(c2ccccc2)c2ccccc21. The van der Waals surface area contributed by atoms with Crippen LogP contribution in [0.3, 0.4) is 0 Å². The van der Waals surface area contributed by atoms with Crippen LogP contribution in [0.5, 0.6) is 0 Å². The normalized spacial score (nSPS) is 26.0. The Morgan fingerprint density at radius 2 is 1.13 bits per heavy atom. The molecule has 3 aromatic rings. The lowest BCUT2D eigenvalue weighted by atomic mass is 9.76. The van der Waals surface area contributed by atoms with Crippen LogP contribution in [0.4, 0.5) is 0 Å². The number of hydrogen-bond donors (Lipinski definition) is 1. The Bertz CT molecular complexity index is 754. The fourth-order valence-electron chi connectivity index (χ4n) is 4.06. The van der Waals surface area contributed by atoms with Gasteiger partial charge in [0, 0.05) is 5.41 Å². The van der Waals surface area contributed by atoms with Gasteiger partial charge in [0.2, 0.25) is 0 Å². The van der Waals surface area contributed by atoms with Crippen molar-refractivity contribution in [2.75, 3.05) is 0 Å². The minimum atomic E-state index is -0.942. The summed E-state index contributed by atoms with van der Waals surface area (Å²) in [5, 5.41) is 11.6. The second-order valence-electron chi connectivity index (χ2n) is 6.65. The third-order valence-electron chi connectivity index (χ3n) is 5.24. The van der Waals surface area contributed by atoms with Gasteiger partial charge in [0.25, 0.3) is 0 Å². The van der Waals surface area contributed by atoms with Crippen LogP contribution in [0.1, 0.15) is 35.6 Å². The predicted octanol–water partition coefficient (Wildman–Crippen LogP) is 4.63. The average molecular weight is 300 g/mol. The van der Waals surface area contributed by atoms with Crippen LogP contribution in [-0.4, -0.2) is 5.11 Å². The Morgan fingerprint density at radius 3 is 1.74 bits per heavy atom. The van der Waals surface area contributed by atoms with Crippen molar-refractivity contribution in [3.05, 3.63) is 107 Å². The summed E-state index contributed by atoms with van der Waals surface area (Å²) in [5.41, 5.74) is 3.33. The number of aliphatic hydroxyl groups is 1. The monoisotopic (exact) mass is 300 g/mol. The summed E-state index contributed by atoms with van der Waals surface area (Å²) >= 11 is 0. The van der Waals surface area contributed by atoms with Gasteiger partial charge in [0.15, 0.2) is 0 Å². The smallest absolute Gasteiger partial charge is 0.116 e. The lowest BCUT2D eigenvalue weighted by Crippen LogP contribution is -2.28. The van der Waals surface area contributed by atoms with Crippen LogP contribution in [-0.2, 0) is 11.0 Å². The Morgan fingerprint density at radius 1 is 0.652 bits per heavy atom. The number of fused-ring (bicyclic) bond motifs is 1. The Hall–Kier alpha value is -2.38. The van der Waals surface area contributed by atoms with Gasteiger partial charge in [-0.3, -0.25) is 0 Å². The minimum absolute atomic E-state index is 0.192. The van der Waals surface area contributed by atoms with Gasteiger partial charge in [-0.2, -0.15) is 0 Å². The van der Waals surface area contributed by atoms with Crippen LogP contribution >= 0.6 is 0 Å². The molecule has 4 rings (SSSR count). The molecular weight excluding hydrogens is 280 g/mol. The molecule has 23 heavy (non-hydrogen) atoms. The lowest BCUT2D eigenvalue weighted by molar-refractivity contribution is 0.0707. The molecule has 0 aromatic heterocycles. The molecule has 3 aromatic carbocycles. The van der Waals surface area contributed by atoms with Crippen molar-refractivity contribution in [1.29, 1.82) is 0 Å². The molecule has 0 spiro atoms. The quantitative estimate of drug-likeness (QED) is 0.731. The van der Waals surface area contributed by atoms with E-state index in [0.717, 1.165) is 11.1 Å². The summed E-state index contributed by atoms with van der Waals surface area (Å²) in [5.74, 6) is 0. The molecule has 0 fully saturated rings. The molecule has 0 bridgehead atoms. The maximum atomic E-state index is 11.6. The van der Waals surface area contributed by atoms with Gasteiger partial charge in [-0.1, -0.05) is 91.9 Å². The molecule has 1 nitrogen and oxygen atoms in total. The minimum Gasteiger partial charge on any atom is -0.380 e. The van der Waals surface area contributed by atoms with E-state index in [1.54, 1.807) is 0 Å². The fourth-order valence-corrected chi connectivity index (χ4v) is 4.06. The number of rotatable bonds is 2. The maximum Gasteiger partial charge on any atom is 0.116 e. The topological polar surface area (TPSA) is 20.2 Å². The van der Waals surface area contributed by atoms with Crippen LogP contribution < -0.4 is 0 Å². The van der Waals surface area contributed by atoms with Crippen molar-refractivity contribution in [2.24, 2.45) is 0 Å². The van der Waals surface area contributed by atoms with Crippen molar-refractivity contribution >= 4 is 0 Å². The van der Waals surface area contributed by atoms with Crippen molar-refractivity contribution < 1.29 is 5.11 Å². The molecule has 0 radical (unpaired) electrons. The van der Waals surface area contributed by atoms with Gasteiger partial charge < -0.3 is 5.11 Å². The fraction of sp³-hybridized carbons (Fsp3) is 0.182. The second-order valence-corrected chi connectivity index (χ2v) is 6.65. The molecule has 0 amide bonds. The molecule has 2 atom stereocenters. The van der Waals surface area contributed by atoms with Gasteiger partial charge in [0.1, 0.15) is 5.60 Å². The first kappa shape index (κ1) is 14.2. The molecule has 1 aliphatic carbocycles. The van der Waals surface area contributed by atoms with E-state index in [-0.39, 0.29) is 5.41 Å². The second kappa shape index (κ2) is 5.07. The summed E-state index contributed by atoms with van der Waals surface area (Å²) in [6.07, 6.45) is 0.660. The van der Waals surface area contributed by atoms with Gasteiger partial charge in [-0.05, 0) is 28.7 Å². The highest BCUT2D eigenvalue weighted by Crippen LogP contribution is 2.54. The Kier molecular flexibility index (Phi) is 3.14.